The molecule has 2 aliphatic rings. The van der Waals surface area contributed by atoms with Crippen LogP contribution in [-0.4, -0.2) is 29.8 Å². The highest BCUT2D eigenvalue weighted by atomic mass is 16.1. The van der Waals surface area contributed by atoms with E-state index in [2.05, 4.69) is 57.8 Å². The Bertz CT molecular complexity index is 564. The predicted molar refractivity (Wildman–Crippen MR) is 101 cm³/mol. The molecule has 2 aliphatic heterocycles. The van der Waals surface area contributed by atoms with E-state index < -0.39 is 0 Å². The summed E-state index contributed by atoms with van der Waals surface area (Å²) in [5, 5.41) is 0. The lowest BCUT2D eigenvalue weighted by Crippen LogP contribution is -2.51. The zero-order valence-corrected chi connectivity index (χ0v) is 16.0. The van der Waals surface area contributed by atoms with Crippen molar-refractivity contribution in [3.8, 4) is 0 Å². The van der Waals surface area contributed by atoms with Gasteiger partial charge in [-0.3, -0.25) is 4.79 Å². The van der Waals surface area contributed by atoms with Crippen LogP contribution in [0.3, 0.4) is 0 Å². The van der Waals surface area contributed by atoms with Gasteiger partial charge in [0.05, 0.1) is 0 Å². The first kappa shape index (κ1) is 17.7. The van der Waals surface area contributed by atoms with Gasteiger partial charge in [0.25, 0.3) is 0 Å². The molecule has 0 amide bonds. The first-order valence-corrected chi connectivity index (χ1v) is 9.79. The molecule has 2 nitrogen and oxygen atoms in total. The maximum absolute atomic E-state index is 13.6. The van der Waals surface area contributed by atoms with Crippen molar-refractivity contribution in [2.24, 2.45) is 5.92 Å². The lowest BCUT2D eigenvalue weighted by atomic mass is 9.73. The van der Waals surface area contributed by atoms with Crippen LogP contribution in [0.2, 0.25) is 0 Å². The monoisotopic (exact) mass is 327 g/mol. The molecule has 2 bridgehead atoms. The normalized spacial score (nSPS) is 27.7. The van der Waals surface area contributed by atoms with Crippen LogP contribution < -0.4 is 0 Å². The van der Waals surface area contributed by atoms with Crippen molar-refractivity contribution in [2.45, 2.75) is 83.7 Å². The zero-order valence-electron chi connectivity index (χ0n) is 16.0. The van der Waals surface area contributed by atoms with E-state index >= 15 is 0 Å². The average Bonchev–Trinajstić information content (AvgIpc) is 2.53. The van der Waals surface area contributed by atoms with E-state index in [9.17, 15) is 4.79 Å². The summed E-state index contributed by atoms with van der Waals surface area (Å²) in [6.07, 6.45) is 5.96. The molecule has 0 saturated carbocycles. The second-order valence-corrected chi connectivity index (χ2v) is 8.56. The summed E-state index contributed by atoms with van der Waals surface area (Å²) >= 11 is 0. The number of carbonyl (C=O) groups excluding carboxylic acids is 1. The van der Waals surface area contributed by atoms with E-state index in [1.165, 1.54) is 30.4 Å². The van der Waals surface area contributed by atoms with Crippen molar-refractivity contribution in [1.82, 2.24) is 4.90 Å². The third-order valence-corrected chi connectivity index (χ3v) is 6.33. The molecule has 2 fully saturated rings. The smallest absolute Gasteiger partial charge is 0.166 e. The Hall–Kier alpha value is -1.15. The van der Waals surface area contributed by atoms with Crippen LogP contribution in [0.5, 0.6) is 0 Å². The van der Waals surface area contributed by atoms with E-state index in [0.29, 0.717) is 29.7 Å². The van der Waals surface area contributed by atoms with Gasteiger partial charge in [0.15, 0.2) is 5.78 Å². The average molecular weight is 328 g/mol. The fraction of sp³-hybridized carbons (Fsp3) is 0.682. The molecule has 132 valence electrons. The molecule has 2 heteroatoms. The summed E-state index contributed by atoms with van der Waals surface area (Å²) in [4.78, 5) is 16.1. The lowest BCUT2D eigenvalue weighted by molar-refractivity contribution is 0.0337. The molecule has 2 saturated heterocycles. The highest BCUT2D eigenvalue weighted by Crippen LogP contribution is 2.39. The van der Waals surface area contributed by atoms with Crippen molar-refractivity contribution in [3.05, 3.63) is 34.9 Å². The quantitative estimate of drug-likeness (QED) is 0.692. The number of Topliss-reactive ketones (excluding diaryl/α,β-unsaturated/α-hetero) is 1. The first-order valence-electron chi connectivity index (χ1n) is 9.79. The second-order valence-electron chi connectivity index (χ2n) is 8.56. The molecule has 0 radical (unpaired) electrons. The van der Waals surface area contributed by atoms with Crippen LogP contribution in [0.4, 0.5) is 0 Å². The fourth-order valence-electron chi connectivity index (χ4n) is 4.87. The highest BCUT2D eigenvalue weighted by molar-refractivity contribution is 6.01. The number of benzene rings is 1. The summed E-state index contributed by atoms with van der Waals surface area (Å²) in [6, 6.07) is 7.68. The van der Waals surface area contributed by atoms with E-state index in [4.69, 9.17) is 0 Å². The molecule has 0 N–H and O–H groups in total. The molecular weight excluding hydrogens is 294 g/mol. The molecule has 1 aromatic carbocycles. The third-order valence-electron chi connectivity index (χ3n) is 6.33. The second kappa shape index (κ2) is 7.00. The van der Waals surface area contributed by atoms with Gasteiger partial charge in [-0.2, -0.15) is 0 Å². The van der Waals surface area contributed by atoms with Crippen LogP contribution in [0.1, 0.15) is 93.1 Å². The highest BCUT2D eigenvalue weighted by Gasteiger charge is 2.39. The maximum Gasteiger partial charge on any atom is 0.166 e. The number of nitrogens with zero attached hydrogens (tertiary/aromatic N) is 1. The Labute approximate surface area is 147 Å². The van der Waals surface area contributed by atoms with Crippen molar-refractivity contribution in [1.29, 1.82) is 0 Å². The molecule has 2 atom stereocenters. The summed E-state index contributed by atoms with van der Waals surface area (Å²) in [5.74, 6) is 1.43. The Morgan fingerprint density at radius 3 is 1.96 bits per heavy atom. The first-order chi connectivity index (χ1) is 11.4. The third kappa shape index (κ3) is 3.18. The summed E-state index contributed by atoms with van der Waals surface area (Å²) in [7, 11) is 2.26. The van der Waals surface area contributed by atoms with E-state index in [0.717, 1.165) is 18.4 Å². The van der Waals surface area contributed by atoms with Crippen LogP contribution in [-0.2, 0) is 0 Å². The molecule has 1 aromatic rings. The van der Waals surface area contributed by atoms with Gasteiger partial charge in [0.2, 0.25) is 0 Å². The molecule has 2 unspecified atom stereocenters. The van der Waals surface area contributed by atoms with Gasteiger partial charge in [-0.1, -0.05) is 52.3 Å². The number of hydrogen-bond acceptors (Lipinski definition) is 2. The molecule has 2 heterocycles. The number of ketones is 1. The van der Waals surface area contributed by atoms with Gasteiger partial charge < -0.3 is 4.90 Å². The van der Waals surface area contributed by atoms with Crippen molar-refractivity contribution < 1.29 is 4.79 Å². The minimum atomic E-state index is 0.217. The molecule has 0 spiro atoms. The largest absolute Gasteiger partial charge is 0.300 e. The molecular formula is C22H33NO. The molecule has 0 aliphatic carbocycles. The van der Waals surface area contributed by atoms with E-state index in [1.807, 2.05) is 0 Å². The zero-order chi connectivity index (χ0) is 17.4. The van der Waals surface area contributed by atoms with Crippen LogP contribution in [0, 0.1) is 5.92 Å². The van der Waals surface area contributed by atoms with Crippen LogP contribution >= 0.6 is 0 Å². The maximum atomic E-state index is 13.6. The summed E-state index contributed by atoms with van der Waals surface area (Å²) in [6.45, 7) is 8.83. The lowest BCUT2D eigenvalue weighted by Gasteiger charge is -2.46. The molecule has 0 aromatic heterocycles. The number of carbonyl (C=O) groups is 1. The number of hydrogen-bond donors (Lipinski definition) is 0. The summed E-state index contributed by atoms with van der Waals surface area (Å²) in [5.41, 5.74) is 3.54. The van der Waals surface area contributed by atoms with Crippen LogP contribution in [0.25, 0.3) is 0 Å². The summed E-state index contributed by atoms with van der Waals surface area (Å²) < 4.78 is 0. The molecule has 3 rings (SSSR count). The van der Waals surface area contributed by atoms with E-state index in [1.54, 1.807) is 0 Å². The van der Waals surface area contributed by atoms with Gasteiger partial charge in [-0.05, 0) is 55.7 Å². The van der Waals surface area contributed by atoms with E-state index in [-0.39, 0.29) is 5.92 Å². The Kier molecular flexibility index (Phi) is 5.15. The van der Waals surface area contributed by atoms with Crippen LogP contribution in [0.15, 0.2) is 18.2 Å². The van der Waals surface area contributed by atoms with Gasteiger partial charge >= 0.3 is 0 Å². The number of piperidine rings is 2. The fourth-order valence-corrected chi connectivity index (χ4v) is 4.87. The topological polar surface area (TPSA) is 20.3 Å². The van der Waals surface area contributed by atoms with Gasteiger partial charge in [-0.15, -0.1) is 0 Å². The van der Waals surface area contributed by atoms with Crippen molar-refractivity contribution >= 4 is 5.78 Å². The van der Waals surface area contributed by atoms with Gasteiger partial charge in [-0.25, -0.2) is 0 Å². The molecule has 24 heavy (non-hydrogen) atoms. The van der Waals surface area contributed by atoms with Crippen molar-refractivity contribution in [3.63, 3.8) is 0 Å². The minimum absolute atomic E-state index is 0.217. The minimum Gasteiger partial charge on any atom is -0.300 e. The Morgan fingerprint density at radius 2 is 1.50 bits per heavy atom. The number of fused-ring (bicyclic) bond motifs is 2. The SMILES string of the molecule is CC(C)c1cccc(C(C)C)c1C(=O)C1CC2CCCC(C1)N2C. The van der Waals surface area contributed by atoms with Gasteiger partial charge in [0.1, 0.15) is 0 Å². The van der Waals surface area contributed by atoms with Gasteiger partial charge in [0, 0.05) is 23.6 Å². The standard InChI is InChI=1S/C22H33NO/c1-14(2)19-10-7-11-20(15(3)4)21(19)22(24)16-12-17-8-6-9-18(13-16)23(17)5/h7,10-11,14-18H,6,8-9,12-13H2,1-5H3. The van der Waals surface area contributed by atoms with Crippen molar-refractivity contribution in [2.75, 3.05) is 7.05 Å². The predicted octanol–water partition coefficient (Wildman–Crippen LogP) is 5.38. The Morgan fingerprint density at radius 1 is 1.00 bits per heavy atom. The Balaban J connectivity index is 1.95. The number of rotatable bonds is 4.